The molecule has 0 aromatic rings. The molecule has 0 radical (unpaired) electrons. The highest BCUT2D eigenvalue weighted by Crippen LogP contribution is 2.32. The molecule has 2 atom stereocenters. The molecule has 3 heteroatoms. The molecule has 2 aliphatic rings. The smallest absolute Gasteiger partial charge is 0.0110 e. The van der Waals surface area contributed by atoms with Crippen LogP contribution in [-0.4, -0.2) is 62.2 Å². The van der Waals surface area contributed by atoms with Crippen LogP contribution in [0.5, 0.6) is 0 Å². The van der Waals surface area contributed by atoms with Crippen molar-refractivity contribution in [3.05, 3.63) is 0 Å². The lowest BCUT2D eigenvalue weighted by atomic mass is 9.82. The molecule has 2 aliphatic heterocycles. The van der Waals surface area contributed by atoms with Crippen LogP contribution in [0.25, 0.3) is 0 Å². The van der Waals surface area contributed by atoms with E-state index < -0.39 is 0 Å². The second kappa shape index (κ2) is 5.48. The lowest BCUT2D eigenvalue weighted by molar-refractivity contribution is 0.0484. The molecule has 0 aromatic carbocycles. The van der Waals surface area contributed by atoms with E-state index in [0.717, 1.165) is 31.2 Å². The fourth-order valence-corrected chi connectivity index (χ4v) is 3.27. The molecule has 2 unspecified atom stereocenters. The molecule has 0 aromatic heterocycles. The van der Waals surface area contributed by atoms with Gasteiger partial charge in [-0.3, -0.25) is 0 Å². The Morgan fingerprint density at radius 2 is 1.81 bits per heavy atom. The number of fused-ring (bicyclic) bond motifs is 2. The maximum absolute atomic E-state index is 3.73. The molecule has 0 aliphatic carbocycles. The normalized spacial score (nSPS) is 35.6. The van der Waals surface area contributed by atoms with E-state index in [0.29, 0.717) is 0 Å². The minimum absolute atomic E-state index is 0.770. The first kappa shape index (κ1) is 12.3. The van der Waals surface area contributed by atoms with Crippen LogP contribution in [0.1, 0.15) is 32.1 Å². The van der Waals surface area contributed by atoms with Crippen LogP contribution in [0.15, 0.2) is 0 Å². The molecule has 2 bridgehead atoms. The summed E-state index contributed by atoms with van der Waals surface area (Å²) in [5.74, 6) is 0. The Balaban J connectivity index is 1.76. The summed E-state index contributed by atoms with van der Waals surface area (Å²) in [6.07, 6.45) is 7.00. The van der Waals surface area contributed by atoms with Crippen LogP contribution in [0.3, 0.4) is 0 Å². The summed E-state index contributed by atoms with van der Waals surface area (Å²) in [5, 5.41) is 3.73. The third-order valence-corrected chi connectivity index (χ3v) is 4.33. The maximum atomic E-state index is 3.73. The molecule has 2 fully saturated rings. The first-order chi connectivity index (χ1) is 7.66. The molecule has 16 heavy (non-hydrogen) atoms. The highest BCUT2D eigenvalue weighted by molar-refractivity contribution is 4.93. The van der Waals surface area contributed by atoms with Crippen molar-refractivity contribution in [1.82, 2.24) is 15.1 Å². The number of likely N-dealkylation sites (N-methyl/N-ethyl adjacent to an activating group) is 1. The number of nitrogens with zero attached hydrogens (tertiary/aromatic N) is 2. The van der Waals surface area contributed by atoms with Crippen molar-refractivity contribution in [3.8, 4) is 0 Å². The Labute approximate surface area is 100 Å². The van der Waals surface area contributed by atoms with Gasteiger partial charge in [0.25, 0.3) is 0 Å². The monoisotopic (exact) mass is 225 g/mol. The van der Waals surface area contributed by atoms with Crippen LogP contribution < -0.4 is 5.32 Å². The van der Waals surface area contributed by atoms with Gasteiger partial charge < -0.3 is 15.1 Å². The molecular formula is C13H27N3. The van der Waals surface area contributed by atoms with Crippen molar-refractivity contribution in [2.24, 2.45) is 0 Å². The van der Waals surface area contributed by atoms with Gasteiger partial charge in [-0.2, -0.15) is 0 Å². The first-order valence-electron chi connectivity index (χ1n) is 6.77. The molecule has 2 saturated heterocycles. The minimum Gasteiger partial charge on any atom is -0.313 e. The van der Waals surface area contributed by atoms with Crippen molar-refractivity contribution in [3.63, 3.8) is 0 Å². The number of piperidine rings is 2. The summed E-state index contributed by atoms with van der Waals surface area (Å²) in [4.78, 5) is 4.89. The van der Waals surface area contributed by atoms with Crippen LogP contribution in [0.4, 0.5) is 0 Å². The van der Waals surface area contributed by atoms with Gasteiger partial charge in [0.1, 0.15) is 0 Å². The van der Waals surface area contributed by atoms with Gasteiger partial charge in [-0.1, -0.05) is 6.42 Å². The van der Waals surface area contributed by atoms with E-state index in [4.69, 9.17) is 0 Å². The first-order valence-corrected chi connectivity index (χ1v) is 6.77. The van der Waals surface area contributed by atoms with E-state index >= 15 is 0 Å². The largest absolute Gasteiger partial charge is 0.313 e. The van der Waals surface area contributed by atoms with Gasteiger partial charge in [0.15, 0.2) is 0 Å². The summed E-state index contributed by atoms with van der Waals surface area (Å²) < 4.78 is 0. The van der Waals surface area contributed by atoms with Gasteiger partial charge in [0, 0.05) is 31.2 Å². The number of hydrogen-bond acceptors (Lipinski definition) is 3. The van der Waals surface area contributed by atoms with Gasteiger partial charge >= 0.3 is 0 Å². The zero-order valence-electron chi connectivity index (χ0n) is 11.1. The predicted molar refractivity (Wildman–Crippen MR) is 68.8 cm³/mol. The van der Waals surface area contributed by atoms with Crippen molar-refractivity contribution in [2.75, 3.05) is 34.2 Å². The quantitative estimate of drug-likeness (QED) is 0.774. The van der Waals surface area contributed by atoms with E-state index in [1.54, 1.807) is 0 Å². The molecule has 0 amide bonds. The van der Waals surface area contributed by atoms with E-state index in [1.807, 2.05) is 0 Å². The average Bonchev–Trinajstić information content (AvgIpc) is 2.18. The van der Waals surface area contributed by atoms with Gasteiger partial charge in [-0.15, -0.1) is 0 Å². The Hall–Kier alpha value is -0.120. The van der Waals surface area contributed by atoms with E-state index in [-0.39, 0.29) is 0 Å². The van der Waals surface area contributed by atoms with Crippen molar-refractivity contribution >= 4 is 0 Å². The SMILES string of the molecule is CN(C)CCNC1CC2CCCC(C1)N2C. The number of nitrogens with one attached hydrogen (secondary N) is 1. The van der Waals surface area contributed by atoms with E-state index in [9.17, 15) is 0 Å². The third kappa shape index (κ3) is 2.96. The van der Waals surface area contributed by atoms with Crippen LogP contribution in [0.2, 0.25) is 0 Å². The Morgan fingerprint density at radius 1 is 1.19 bits per heavy atom. The zero-order valence-corrected chi connectivity index (χ0v) is 11.1. The maximum Gasteiger partial charge on any atom is 0.0110 e. The summed E-state index contributed by atoms with van der Waals surface area (Å²) in [7, 11) is 6.61. The molecule has 1 N–H and O–H groups in total. The zero-order chi connectivity index (χ0) is 11.5. The molecule has 0 spiro atoms. The molecule has 2 heterocycles. The Bertz CT molecular complexity index is 203. The van der Waals surface area contributed by atoms with E-state index in [1.165, 1.54) is 32.1 Å². The van der Waals surface area contributed by atoms with Gasteiger partial charge in [0.2, 0.25) is 0 Å². The van der Waals surface area contributed by atoms with Crippen molar-refractivity contribution in [1.29, 1.82) is 0 Å². The summed E-state index contributed by atoms with van der Waals surface area (Å²) in [5.41, 5.74) is 0. The van der Waals surface area contributed by atoms with Crippen LogP contribution in [0, 0.1) is 0 Å². The molecule has 0 saturated carbocycles. The standard InChI is InChI=1S/C13H27N3/c1-15(2)8-7-14-11-9-12-5-4-6-13(10-11)16(12)3/h11-14H,4-10H2,1-3H3. The highest BCUT2D eigenvalue weighted by Gasteiger charge is 2.35. The lowest BCUT2D eigenvalue weighted by Crippen LogP contribution is -2.54. The van der Waals surface area contributed by atoms with Crippen molar-refractivity contribution < 1.29 is 0 Å². The fraction of sp³-hybridized carbons (Fsp3) is 1.00. The van der Waals surface area contributed by atoms with Gasteiger partial charge in [-0.05, 0) is 46.8 Å². The molecule has 3 nitrogen and oxygen atoms in total. The third-order valence-electron chi connectivity index (χ3n) is 4.33. The van der Waals surface area contributed by atoms with E-state index in [2.05, 4.69) is 36.3 Å². The molecular weight excluding hydrogens is 198 g/mol. The Kier molecular flexibility index (Phi) is 4.22. The average molecular weight is 225 g/mol. The minimum atomic E-state index is 0.770. The molecule has 94 valence electrons. The van der Waals surface area contributed by atoms with Crippen LogP contribution in [-0.2, 0) is 0 Å². The Morgan fingerprint density at radius 3 is 2.38 bits per heavy atom. The highest BCUT2D eigenvalue weighted by atomic mass is 15.2. The summed E-state index contributed by atoms with van der Waals surface area (Å²) in [6, 6.07) is 2.47. The summed E-state index contributed by atoms with van der Waals surface area (Å²) in [6.45, 7) is 2.29. The lowest BCUT2D eigenvalue weighted by Gasteiger charge is -2.47. The topological polar surface area (TPSA) is 18.5 Å². The van der Waals surface area contributed by atoms with Crippen LogP contribution >= 0.6 is 0 Å². The van der Waals surface area contributed by atoms with Gasteiger partial charge in [0.05, 0.1) is 0 Å². The molecule has 2 rings (SSSR count). The second-order valence-corrected chi connectivity index (χ2v) is 5.83. The fourth-order valence-electron chi connectivity index (χ4n) is 3.27. The number of rotatable bonds is 4. The van der Waals surface area contributed by atoms with Crippen molar-refractivity contribution in [2.45, 2.75) is 50.2 Å². The number of hydrogen-bond donors (Lipinski definition) is 1. The van der Waals surface area contributed by atoms with Gasteiger partial charge in [-0.25, -0.2) is 0 Å². The predicted octanol–water partition coefficient (Wildman–Crippen LogP) is 1.15. The summed E-state index contributed by atoms with van der Waals surface area (Å²) >= 11 is 0. The second-order valence-electron chi connectivity index (χ2n) is 5.83.